The van der Waals surface area contributed by atoms with Gasteiger partial charge in [-0.3, -0.25) is 4.79 Å². The standard InChI is InChI=1S/C23H20F3N7O2/c1-33-12-19(30-13-33)32-22-28-9-16(10-29-22)15-5-3-14(4-6-15)7-20(34)31-17-8-18(23(24,25)26)21(35-2)27-11-17/h3-6,8-13H,7H2,1-2H3,(H,31,34)(H,28,29,32). The maximum Gasteiger partial charge on any atom is 0.421 e. The summed E-state index contributed by atoms with van der Waals surface area (Å²) < 4.78 is 45.9. The molecule has 0 spiro atoms. The fourth-order valence-electron chi connectivity index (χ4n) is 3.23. The van der Waals surface area contributed by atoms with E-state index in [-0.39, 0.29) is 12.1 Å². The Labute approximate surface area is 198 Å². The Morgan fingerprint density at radius 1 is 1.03 bits per heavy atom. The number of hydrogen-bond acceptors (Lipinski definition) is 7. The number of aromatic nitrogens is 5. The van der Waals surface area contributed by atoms with Crippen molar-refractivity contribution in [2.45, 2.75) is 12.6 Å². The molecule has 0 saturated carbocycles. The van der Waals surface area contributed by atoms with Crippen molar-refractivity contribution in [1.82, 2.24) is 24.5 Å². The second kappa shape index (κ2) is 9.79. The van der Waals surface area contributed by atoms with Crippen LogP contribution in [0.2, 0.25) is 0 Å². The largest absolute Gasteiger partial charge is 0.481 e. The number of benzene rings is 1. The van der Waals surface area contributed by atoms with E-state index in [1.807, 2.05) is 19.2 Å². The van der Waals surface area contributed by atoms with E-state index in [9.17, 15) is 18.0 Å². The molecule has 0 bridgehead atoms. The lowest BCUT2D eigenvalue weighted by Gasteiger charge is -2.13. The van der Waals surface area contributed by atoms with Gasteiger partial charge in [0.2, 0.25) is 17.7 Å². The van der Waals surface area contributed by atoms with E-state index in [4.69, 9.17) is 0 Å². The minimum absolute atomic E-state index is 0.0307. The number of rotatable bonds is 7. The number of pyridine rings is 1. The lowest BCUT2D eigenvalue weighted by atomic mass is 10.0. The average Bonchev–Trinajstić information content (AvgIpc) is 3.24. The Morgan fingerprint density at radius 2 is 1.74 bits per heavy atom. The second-order valence-corrected chi connectivity index (χ2v) is 7.55. The highest BCUT2D eigenvalue weighted by molar-refractivity contribution is 5.92. The molecule has 0 aliphatic heterocycles. The van der Waals surface area contributed by atoms with Gasteiger partial charge in [0.05, 0.1) is 31.7 Å². The minimum Gasteiger partial charge on any atom is -0.481 e. The molecule has 4 aromatic rings. The van der Waals surface area contributed by atoms with Gasteiger partial charge in [-0.1, -0.05) is 24.3 Å². The molecule has 0 unspecified atom stereocenters. The van der Waals surface area contributed by atoms with E-state index in [0.29, 0.717) is 17.3 Å². The van der Waals surface area contributed by atoms with Crippen molar-refractivity contribution in [3.05, 3.63) is 72.6 Å². The van der Waals surface area contributed by atoms with Crippen LogP contribution >= 0.6 is 0 Å². The summed E-state index contributed by atoms with van der Waals surface area (Å²) in [4.78, 5) is 28.7. The summed E-state index contributed by atoms with van der Waals surface area (Å²) in [6, 6.07) is 7.91. The third kappa shape index (κ3) is 5.91. The number of carbonyl (C=O) groups is 1. The molecular weight excluding hydrogens is 463 g/mol. The van der Waals surface area contributed by atoms with Gasteiger partial charge in [0, 0.05) is 31.2 Å². The van der Waals surface area contributed by atoms with Gasteiger partial charge in [-0.2, -0.15) is 13.2 Å². The molecule has 35 heavy (non-hydrogen) atoms. The second-order valence-electron chi connectivity index (χ2n) is 7.55. The lowest BCUT2D eigenvalue weighted by Crippen LogP contribution is -2.16. The minimum atomic E-state index is -4.66. The molecule has 4 rings (SSSR count). The first-order valence-electron chi connectivity index (χ1n) is 10.3. The van der Waals surface area contributed by atoms with Crippen LogP contribution < -0.4 is 15.4 Å². The molecule has 0 aliphatic carbocycles. The molecule has 180 valence electrons. The number of hydrogen-bond donors (Lipinski definition) is 2. The summed E-state index contributed by atoms with van der Waals surface area (Å²) in [6.07, 6.45) is 3.20. The summed E-state index contributed by atoms with van der Waals surface area (Å²) in [5.41, 5.74) is 1.16. The number of imidazole rings is 1. The number of amides is 1. The van der Waals surface area contributed by atoms with Crippen LogP contribution in [0.15, 0.2) is 61.4 Å². The molecule has 0 fully saturated rings. The molecule has 9 nitrogen and oxygen atoms in total. The normalized spacial score (nSPS) is 11.2. The Kier molecular flexibility index (Phi) is 6.62. The zero-order valence-electron chi connectivity index (χ0n) is 18.7. The predicted octanol–water partition coefficient (Wildman–Crippen LogP) is 4.22. The van der Waals surface area contributed by atoms with E-state index in [2.05, 4.69) is 35.3 Å². The number of halogens is 3. The molecule has 0 aliphatic rings. The van der Waals surface area contributed by atoms with Gasteiger partial charge in [-0.25, -0.2) is 19.9 Å². The van der Waals surface area contributed by atoms with Gasteiger partial charge in [0.15, 0.2) is 5.82 Å². The number of carbonyl (C=O) groups excluding carboxylic acids is 1. The van der Waals surface area contributed by atoms with Crippen LogP contribution in [0.4, 0.5) is 30.6 Å². The summed E-state index contributed by atoms with van der Waals surface area (Å²) in [5.74, 6) is -0.00730. The van der Waals surface area contributed by atoms with Gasteiger partial charge in [-0.05, 0) is 17.2 Å². The zero-order valence-corrected chi connectivity index (χ0v) is 18.7. The summed E-state index contributed by atoms with van der Waals surface area (Å²) in [6.45, 7) is 0. The number of nitrogens with one attached hydrogen (secondary N) is 2. The smallest absolute Gasteiger partial charge is 0.421 e. The van der Waals surface area contributed by atoms with E-state index in [0.717, 1.165) is 30.5 Å². The predicted molar refractivity (Wildman–Crippen MR) is 122 cm³/mol. The van der Waals surface area contributed by atoms with Gasteiger partial charge >= 0.3 is 6.18 Å². The fourth-order valence-corrected chi connectivity index (χ4v) is 3.23. The summed E-state index contributed by atoms with van der Waals surface area (Å²) >= 11 is 0. The van der Waals surface area contributed by atoms with Crippen LogP contribution in [0.5, 0.6) is 5.88 Å². The molecule has 0 saturated heterocycles. The lowest BCUT2D eigenvalue weighted by molar-refractivity contribution is -0.139. The first-order valence-corrected chi connectivity index (χ1v) is 10.3. The number of methoxy groups -OCH3 is 1. The van der Waals surface area contributed by atoms with E-state index >= 15 is 0 Å². The van der Waals surface area contributed by atoms with Crippen molar-refractivity contribution in [1.29, 1.82) is 0 Å². The maximum atomic E-state index is 13.1. The molecular formula is C23H20F3N7O2. The number of nitrogens with zero attached hydrogens (tertiary/aromatic N) is 5. The van der Waals surface area contributed by atoms with E-state index < -0.39 is 23.5 Å². The topological polar surface area (TPSA) is 107 Å². The average molecular weight is 483 g/mol. The van der Waals surface area contributed by atoms with Gasteiger partial charge < -0.3 is 19.9 Å². The SMILES string of the molecule is COc1ncc(NC(=O)Cc2ccc(-c3cnc(Nc4cn(C)cn4)nc3)cc2)cc1C(F)(F)F. The Morgan fingerprint density at radius 3 is 2.34 bits per heavy atom. The first kappa shape index (κ1) is 23.7. The Bertz CT molecular complexity index is 1320. The Hall–Kier alpha value is -4.48. The molecule has 3 heterocycles. The van der Waals surface area contributed by atoms with E-state index in [1.54, 1.807) is 41.6 Å². The number of aryl methyl sites for hydroxylation is 1. The zero-order chi connectivity index (χ0) is 25.0. The van der Waals surface area contributed by atoms with Crippen molar-refractivity contribution in [2.75, 3.05) is 17.7 Å². The summed E-state index contributed by atoms with van der Waals surface area (Å²) in [5, 5.41) is 5.44. The van der Waals surface area contributed by atoms with Crippen molar-refractivity contribution in [3.8, 4) is 17.0 Å². The third-order valence-electron chi connectivity index (χ3n) is 4.88. The van der Waals surface area contributed by atoms with Gasteiger partial charge in [0.1, 0.15) is 5.56 Å². The fraction of sp³-hybridized carbons (Fsp3) is 0.174. The van der Waals surface area contributed by atoms with Crippen LogP contribution in [0.1, 0.15) is 11.1 Å². The van der Waals surface area contributed by atoms with Crippen LogP contribution in [0, 0.1) is 0 Å². The first-order chi connectivity index (χ1) is 16.7. The molecule has 2 N–H and O–H groups in total. The molecule has 0 radical (unpaired) electrons. The number of alkyl halides is 3. The van der Waals surface area contributed by atoms with Crippen LogP contribution in [-0.4, -0.2) is 37.5 Å². The Balaban J connectivity index is 1.38. The van der Waals surface area contributed by atoms with Crippen LogP contribution in [-0.2, 0) is 24.4 Å². The van der Waals surface area contributed by atoms with Crippen LogP contribution in [0.3, 0.4) is 0 Å². The van der Waals surface area contributed by atoms with Crippen molar-refractivity contribution >= 4 is 23.4 Å². The highest BCUT2D eigenvalue weighted by Gasteiger charge is 2.35. The third-order valence-corrected chi connectivity index (χ3v) is 4.88. The highest BCUT2D eigenvalue weighted by atomic mass is 19.4. The van der Waals surface area contributed by atoms with Crippen molar-refractivity contribution in [2.24, 2.45) is 7.05 Å². The molecule has 3 aromatic heterocycles. The highest BCUT2D eigenvalue weighted by Crippen LogP contribution is 2.36. The van der Waals surface area contributed by atoms with Crippen molar-refractivity contribution < 1.29 is 22.7 Å². The van der Waals surface area contributed by atoms with Gasteiger partial charge in [-0.15, -0.1) is 0 Å². The molecule has 1 amide bonds. The molecule has 1 aromatic carbocycles. The molecule has 0 atom stereocenters. The quantitative estimate of drug-likeness (QED) is 0.405. The van der Waals surface area contributed by atoms with Crippen LogP contribution in [0.25, 0.3) is 11.1 Å². The maximum absolute atomic E-state index is 13.1. The van der Waals surface area contributed by atoms with Gasteiger partial charge in [0.25, 0.3) is 0 Å². The number of ether oxygens (including phenoxy) is 1. The van der Waals surface area contributed by atoms with E-state index in [1.165, 1.54) is 0 Å². The van der Waals surface area contributed by atoms with Crippen molar-refractivity contribution in [3.63, 3.8) is 0 Å². The molecule has 12 heteroatoms. The summed E-state index contributed by atoms with van der Waals surface area (Å²) in [7, 11) is 2.95. The monoisotopic (exact) mass is 483 g/mol. The number of anilines is 3.